The Morgan fingerprint density at radius 3 is 2.60 bits per heavy atom. The second kappa shape index (κ2) is 11.6. The third kappa shape index (κ3) is 5.88. The SMILES string of the molecule is CN=C(NCC1(c2cccc(OC)c2)CCCC1)N1CCC(OCCCOC)CC1. The number of methoxy groups -OCH3 is 2. The molecule has 2 fully saturated rings. The van der Waals surface area contributed by atoms with Crippen LogP contribution in [0.2, 0.25) is 0 Å². The Hall–Kier alpha value is -1.79. The molecule has 168 valence electrons. The van der Waals surface area contributed by atoms with Crippen molar-refractivity contribution in [2.24, 2.45) is 4.99 Å². The quantitative estimate of drug-likeness (QED) is 0.378. The van der Waals surface area contributed by atoms with E-state index >= 15 is 0 Å². The van der Waals surface area contributed by atoms with Crippen LogP contribution in [-0.4, -0.2) is 71.1 Å². The largest absolute Gasteiger partial charge is 0.497 e. The Kier molecular flexibility index (Phi) is 8.82. The number of nitrogens with one attached hydrogen (secondary N) is 1. The van der Waals surface area contributed by atoms with Gasteiger partial charge in [0, 0.05) is 52.4 Å². The van der Waals surface area contributed by atoms with Gasteiger partial charge in [-0.3, -0.25) is 4.99 Å². The van der Waals surface area contributed by atoms with Gasteiger partial charge in [-0.25, -0.2) is 0 Å². The second-order valence-electron chi connectivity index (χ2n) is 8.52. The molecule has 1 N–H and O–H groups in total. The van der Waals surface area contributed by atoms with Gasteiger partial charge >= 0.3 is 0 Å². The minimum absolute atomic E-state index is 0.160. The van der Waals surface area contributed by atoms with Crippen LogP contribution < -0.4 is 10.1 Å². The van der Waals surface area contributed by atoms with E-state index in [2.05, 4.69) is 33.4 Å². The maximum atomic E-state index is 6.00. The lowest BCUT2D eigenvalue weighted by Gasteiger charge is -2.36. The van der Waals surface area contributed by atoms with Crippen LogP contribution in [0.1, 0.15) is 50.5 Å². The average Bonchev–Trinajstić information content (AvgIpc) is 3.28. The summed E-state index contributed by atoms with van der Waals surface area (Å²) in [5, 5.41) is 3.71. The van der Waals surface area contributed by atoms with Crippen molar-refractivity contribution in [3.8, 4) is 5.75 Å². The van der Waals surface area contributed by atoms with Crippen LogP contribution in [0.25, 0.3) is 0 Å². The molecule has 0 aromatic heterocycles. The van der Waals surface area contributed by atoms with Gasteiger partial charge in [-0.1, -0.05) is 25.0 Å². The Morgan fingerprint density at radius 2 is 1.93 bits per heavy atom. The van der Waals surface area contributed by atoms with Gasteiger partial charge in [0.25, 0.3) is 0 Å². The normalized spacial score (nSPS) is 19.8. The van der Waals surface area contributed by atoms with Crippen molar-refractivity contribution >= 4 is 5.96 Å². The highest BCUT2D eigenvalue weighted by atomic mass is 16.5. The van der Waals surface area contributed by atoms with Crippen LogP contribution >= 0.6 is 0 Å². The minimum atomic E-state index is 0.160. The molecule has 1 aromatic carbocycles. The summed E-state index contributed by atoms with van der Waals surface area (Å²) in [6, 6.07) is 8.60. The fourth-order valence-electron chi connectivity index (χ4n) is 4.84. The van der Waals surface area contributed by atoms with Gasteiger partial charge in [0.15, 0.2) is 5.96 Å². The van der Waals surface area contributed by atoms with Crippen molar-refractivity contribution in [3.05, 3.63) is 29.8 Å². The molecule has 1 saturated carbocycles. The molecular weight excluding hydrogens is 378 g/mol. The van der Waals surface area contributed by atoms with E-state index < -0.39 is 0 Å². The minimum Gasteiger partial charge on any atom is -0.497 e. The highest BCUT2D eigenvalue weighted by Gasteiger charge is 2.36. The molecule has 1 saturated heterocycles. The average molecular weight is 418 g/mol. The monoisotopic (exact) mass is 417 g/mol. The van der Waals surface area contributed by atoms with Crippen molar-refractivity contribution in [2.75, 3.05) is 54.1 Å². The van der Waals surface area contributed by atoms with E-state index in [0.29, 0.717) is 6.10 Å². The number of ether oxygens (including phenoxy) is 3. The topological polar surface area (TPSA) is 55.3 Å². The Morgan fingerprint density at radius 1 is 1.17 bits per heavy atom. The smallest absolute Gasteiger partial charge is 0.193 e. The summed E-state index contributed by atoms with van der Waals surface area (Å²) in [5.41, 5.74) is 1.54. The molecule has 1 aromatic rings. The van der Waals surface area contributed by atoms with E-state index in [9.17, 15) is 0 Å². The van der Waals surface area contributed by atoms with Gasteiger partial charge in [0.1, 0.15) is 5.75 Å². The van der Waals surface area contributed by atoms with Crippen LogP contribution in [0.15, 0.2) is 29.3 Å². The number of hydrogen-bond acceptors (Lipinski definition) is 4. The molecule has 0 spiro atoms. The second-order valence-corrected chi connectivity index (χ2v) is 8.52. The standard InChI is InChI=1S/C24H39N3O3/c1-25-23(27-14-10-21(11-15-27)30-17-7-16-28-2)26-19-24(12-4-5-13-24)20-8-6-9-22(18-20)29-3/h6,8-9,18,21H,4-5,7,10-17,19H2,1-3H3,(H,25,26). The lowest BCUT2D eigenvalue weighted by atomic mass is 9.78. The molecule has 1 heterocycles. The maximum Gasteiger partial charge on any atom is 0.193 e. The molecule has 1 aliphatic carbocycles. The molecule has 1 aliphatic heterocycles. The summed E-state index contributed by atoms with van der Waals surface area (Å²) in [7, 11) is 5.37. The zero-order chi connectivity index (χ0) is 21.2. The van der Waals surface area contributed by atoms with Crippen molar-refractivity contribution in [1.82, 2.24) is 10.2 Å². The summed E-state index contributed by atoms with van der Waals surface area (Å²) in [6.45, 7) is 4.45. The summed E-state index contributed by atoms with van der Waals surface area (Å²) in [6.07, 6.45) is 8.40. The van der Waals surface area contributed by atoms with Gasteiger partial charge < -0.3 is 24.4 Å². The lowest BCUT2D eigenvalue weighted by Crippen LogP contribution is -2.50. The van der Waals surface area contributed by atoms with E-state index in [1.165, 1.54) is 31.2 Å². The number of hydrogen-bond donors (Lipinski definition) is 1. The molecule has 0 amide bonds. The van der Waals surface area contributed by atoms with E-state index in [-0.39, 0.29) is 5.41 Å². The molecule has 0 bridgehead atoms. The van der Waals surface area contributed by atoms with E-state index in [1.807, 2.05) is 13.1 Å². The molecule has 0 atom stereocenters. The third-order valence-corrected chi connectivity index (χ3v) is 6.63. The first-order chi connectivity index (χ1) is 14.7. The number of rotatable bonds is 9. The van der Waals surface area contributed by atoms with Crippen molar-refractivity contribution in [3.63, 3.8) is 0 Å². The lowest BCUT2D eigenvalue weighted by molar-refractivity contribution is 0.00987. The van der Waals surface area contributed by atoms with Crippen LogP contribution in [0, 0.1) is 0 Å². The molecule has 2 aliphatic rings. The Labute approximate surface area is 182 Å². The number of piperidine rings is 1. The molecule has 6 heteroatoms. The number of guanidine groups is 1. The fourth-order valence-corrected chi connectivity index (χ4v) is 4.84. The summed E-state index contributed by atoms with van der Waals surface area (Å²) >= 11 is 0. The number of benzene rings is 1. The van der Waals surface area contributed by atoms with Crippen molar-refractivity contribution in [1.29, 1.82) is 0 Å². The predicted octanol–water partition coefficient (Wildman–Crippen LogP) is 3.60. The number of aliphatic imine (C=N–C) groups is 1. The Bertz CT molecular complexity index is 665. The van der Waals surface area contributed by atoms with Gasteiger partial charge in [-0.05, 0) is 49.8 Å². The van der Waals surface area contributed by atoms with Crippen molar-refractivity contribution < 1.29 is 14.2 Å². The molecule has 30 heavy (non-hydrogen) atoms. The first kappa shape index (κ1) is 22.9. The Balaban J connectivity index is 1.54. The van der Waals surface area contributed by atoms with Crippen LogP contribution in [-0.2, 0) is 14.9 Å². The van der Waals surface area contributed by atoms with Crippen LogP contribution in [0.5, 0.6) is 5.75 Å². The maximum absolute atomic E-state index is 6.00. The van der Waals surface area contributed by atoms with E-state index in [0.717, 1.165) is 63.8 Å². The predicted molar refractivity (Wildman–Crippen MR) is 122 cm³/mol. The van der Waals surface area contributed by atoms with Gasteiger partial charge in [-0.15, -0.1) is 0 Å². The third-order valence-electron chi connectivity index (χ3n) is 6.63. The van der Waals surface area contributed by atoms with Gasteiger partial charge in [-0.2, -0.15) is 0 Å². The number of likely N-dealkylation sites (tertiary alicyclic amines) is 1. The number of nitrogens with zero attached hydrogens (tertiary/aromatic N) is 2. The van der Waals surface area contributed by atoms with Crippen LogP contribution in [0.4, 0.5) is 0 Å². The highest BCUT2D eigenvalue weighted by molar-refractivity contribution is 5.80. The molecular formula is C24H39N3O3. The fraction of sp³-hybridized carbons (Fsp3) is 0.708. The first-order valence-corrected chi connectivity index (χ1v) is 11.4. The van der Waals surface area contributed by atoms with Gasteiger partial charge in [0.05, 0.1) is 13.2 Å². The summed E-state index contributed by atoms with van der Waals surface area (Å²) in [5.74, 6) is 1.96. The van der Waals surface area contributed by atoms with Crippen molar-refractivity contribution in [2.45, 2.75) is 56.5 Å². The van der Waals surface area contributed by atoms with Gasteiger partial charge in [0.2, 0.25) is 0 Å². The zero-order valence-corrected chi connectivity index (χ0v) is 19.0. The molecule has 0 unspecified atom stereocenters. The van der Waals surface area contributed by atoms with Crippen LogP contribution in [0.3, 0.4) is 0 Å². The molecule has 6 nitrogen and oxygen atoms in total. The van der Waals surface area contributed by atoms with E-state index in [4.69, 9.17) is 14.2 Å². The first-order valence-electron chi connectivity index (χ1n) is 11.4. The zero-order valence-electron chi connectivity index (χ0n) is 19.0. The van der Waals surface area contributed by atoms with E-state index in [1.54, 1.807) is 14.2 Å². The molecule has 3 rings (SSSR count). The molecule has 0 radical (unpaired) electrons. The highest BCUT2D eigenvalue weighted by Crippen LogP contribution is 2.41. The summed E-state index contributed by atoms with van der Waals surface area (Å²) in [4.78, 5) is 6.97. The summed E-state index contributed by atoms with van der Waals surface area (Å²) < 4.78 is 16.6.